The van der Waals surface area contributed by atoms with Crippen LogP contribution >= 0.6 is 0 Å². The zero-order valence-corrected chi connectivity index (χ0v) is 15.5. The number of nitrogens with two attached hydrogens (primary N) is 3. The van der Waals surface area contributed by atoms with E-state index in [1.165, 1.54) is 0 Å². The van der Waals surface area contributed by atoms with Crippen LogP contribution < -0.4 is 28.2 Å². The number of nitrogens with one attached hydrogen (secondary N) is 2. The molecular formula is C15H22N12. The minimum atomic E-state index is -0.120. The van der Waals surface area contributed by atoms with Crippen molar-refractivity contribution in [1.29, 1.82) is 0 Å². The van der Waals surface area contributed by atoms with Crippen molar-refractivity contribution in [2.24, 2.45) is 32.6 Å². The van der Waals surface area contributed by atoms with Crippen LogP contribution in [0.25, 0.3) is 0 Å². The second kappa shape index (κ2) is 8.62. The lowest BCUT2D eigenvalue weighted by Gasteiger charge is -2.08. The Morgan fingerprint density at radius 2 is 1.44 bits per heavy atom. The van der Waals surface area contributed by atoms with Gasteiger partial charge in [-0.15, -0.1) is 5.10 Å². The Bertz CT molecular complexity index is 911. The van der Waals surface area contributed by atoms with Crippen LogP contribution in [0.4, 0.5) is 11.9 Å². The third-order valence-electron chi connectivity index (χ3n) is 3.51. The standard InChI is InChI=1S/C15H22N12/c1-7-11(5-19-14(21-7)23-18)10(4)25-27-15-20-6-12(8(2)22-15)9(3)24-26-13(16)17/h5-6H,18H2,1-4H3,(H4,16,17,26)(H,19,21,23)(H,20,22,27)/b24-9+,25-10+. The van der Waals surface area contributed by atoms with Crippen LogP contribution in [0.5, 0.6) is 0 Å². The van der Waals surface area contributed by atoms with Gasteiger partial charge in [0.2, 0.25) is 17.9 Å². The molecule has 27 heavy (non-hydrogen) atoms. The van der Waals surface area contributed by atoms with Crippen molar-refractivity contribution in [3.63, 3.8) is 0 Å². The normalized spacial score (nSPS) is 11.9. The van der Waals surface area contributed by atoms with E-state index in [0.717, 1.165) is 16.8 Å². The van der Waals surface area contributed by atoms with E-state index in [0.29, 0.717) is 29.0 Å². The lowest BCUT2D eigenvalue weighted by atomic mass is 10.2. The van der Waals surface area contributed by atoms with Gasteiger partial charge >= 0.3 is 0 Å². The molecule has 0 bridgehead atoms. The van der Waals surface area contributed by atoms with E-state index < -0.39 is 0 Å². The number of nitrogen functional groups attached to an aromatic ring is 1. The highest BCUT2D eigenvalue weighted by Crippen LogP contribution is 2.11. The Balaban J connectivity index is 2.18. The van der Waals surface area contributed by atoms with E-state index in [-0.39, 0.29) is 5.96 Å². The van der Waals surface area contributed by atoms with Crippen molar-refractivity contribution >= 4 is 29.3 Å². The quantitative estimate of drug-likeness (QED) is 0.201. The Kier molecular flexibility index (Phi) is 6.27. The number of guanidine groups is 1. The maximum absolute atomic E-state index is 5.30. The van der Waals surface area contributed by atoms with Crippen molar-refractivity contribution in [2.75, 3.05) is 10.9 Å². The molecule has 0 aromatic carbocycles. The molecule has 0 unspecified atom stereocenters. The van der Waals surface area contributed by atoms with E-state index in [1.54, 1.807) is 19.3 Å². The summed E-state index contributed by atoms with van der Waals surface area (Å²) in [6.45, 7) is 7.24. The number of nitrogens with zero attached hydrogens (tertiary/aromatic N) is 7. The van der Waals surface area contributed by atoms with Crippen LogP contribution in [0.1, 0.15) is 36.4 Å². The highest BCUT2D eigenvalue weighted by Gasteiger charge is 2.08. The van der Waals surface area contributed by atoms with Crippen molar-refractivity contribution < 1.29 is 0 Å². The van der Waals surface area contributed by atoms with Gasteiger partial charge in [-0.05, 0) is 27.7 Å². The Labute approximate surface area is 156 Å². The van der Waals surface area contributed by atoms with E-state index in [2.05, 4.69) is 46.1 Å². The summed E-state index contributed by atoms with van der Waals surface area (Å²) in [7, 11) is 0. The molecule has 0 aliphatic carbocycles. The minimum absolute atomic E-state index is 0.120. The van der Waals surface area contributed by atoms with E-state index in [1.807, 2.05) is 20.8 Å². The molecule has 2 aromatic heterocycles. The highest BCUT2D eigenvalue weighted by atomic mass is 15.4. The number of aromatic nitrogens is 4. The zero-order valence-electron chi connectivity index (χ0n) is 15.5. The van der Waals surface area contributed by atoms with Gasteiger partial charge in [-0.25, -0.2) is 31.2 Å². The van der Waals surface area contributed by atoms with Crippen LogP contribution in [0.15, 0.2) is 27.7 Å². The second-order valence-electron chi connectivity index (χ2n) is 5.55. The lowest BCUT2D eigenvalue weighted by Crippen LogP contribution is -2.22. The fraction of sp³-hybridized carbons (Fsp3) is 0.267. The van der Waals surface area contributed by atoms with E-state index in [9.17, 15) is 0 Å². The van der Waals surface area contributed by atoms with Gasteiger partial charge in [0.25, 0.3) is 0 Å². The molecule has 0 spiro atoms. The zero-order chi connectivity index (χ0) is 20.0. The van der Waals surface area contributed by atoms with Gasteiger partial charge in [0, 0.05) is 23.5 Å². The summed E-state index contributed by atoms with van der Waals surface area (Å²) in [6.07, 6.45) is 3.25. The summed E-state index contributed by atoms with van der Waals surface area (Å²) in [5.41, 5.74) is 20.0. The highest BCUT2D eigenvalue weighted by molar-refractivity contribution is 6.00. The van der Waals surface area contributed by atoms with Gasteiger partial charge in [0.1, 0.15) is 0 Å². The van der Waals surface area contributed by atoms with Crippen molar-refractivity contribution in [3.05, 3.63) is 34.9 Å². The first kappa shape index (κ1) is 19.7. The first-order chi connectivity index (χ1) is 12.8. The van der Waals surface area contributed by atoms with Gasteiger partial charge in [-0.1, -0.05) is 0 Å². The molecule has 0 amide bonds. The predicted octanol–water partition coefficient (Wildman–Crippen LogP) is 0.00254. The lowest BCUT2D eigenvalue weighted by molar-refractivity contribution is 1.05. The molecule has 2 rings (SSSR count). The van der Waals surface area contributed by atoms with Gasteiger partial charge in [0.05, 0.1) is 22.8 Å². The first-order valence-electron chi connectivity index (χ1n) is 7.90. The summed E-state index contributed by atoms with van der Waals surface area (Å²) < 4.78 is 0. The third kappa shape index (κ3) is 5.15. The average molecular weight is 370 g/mol. The number of aryl methyl sites for hydroxylation is 2. The monoisotopic (exact) mass is 370 g/mol. The van der Waals surface area contributed by atoms with Gasteiger partial charge in [0.15, 0.2) is 0 Å². The Morgan fingerprint density at radius 1 is 0.889 bits per heavy atom. The fourth-order valence-corrected chi connectivity index (χ4v) is 2.15. The summed E-state index contributed by atoms with van der Waals surface area (Å²) in [5.74, 6) is 5.85. The van der Waals surface area contributed by atoms with Gasteiger partial charge in [-0.2, -0.15) is 10.2 Å². The van der Waals surface area contributed by atoms with Crippen LogP contribution in [-0.4, -0.2) is 37.3 Å². The molecule has 0 saturated heterocycles. The molecule has 12 nitrogen and oxygen atoms in total. The molecule has 0 fully saturated rings. The molecule has 0 saturated carbocycles. The predicted molar refractivity (Wildman–Crippen MR) is 105 cm³/mol. The number of hydrazine groups is 1. The molecular weight excluding hydrogens is 348 g/mol. The van der Waals surface area contributed by atoms with Gasteiger partial charge in [-0.3, -0.25) is 5.43 Å². The van der Waals surface area contributed by atoms with Gasteiger partial charge < -0.3 is 11.5 Å². The fourth-order valence-electron chi connectivity index (χ4n) is 2.15. The molecule has 8 N–H and O–H groups in total. The number of anilines is 2. The molecule has 0 atom stereocenters. The maximum atomic E-state index is 5.30. The summed E-state index contributed by atoms with van der Waals surface area (Å²) >= 11 is 0. The van der Waals surface area contributed by atoms with Crippen molar-refractivity contribution in [2.45, 2.75) is 27.7 Å². The van der Waals surface area contributed by atoms with Crippen LogP contribution in [0, 0.1) is 13.8 Å². The molecule has 2 heterocycles. The molecule has 142 valence electrons. The molecule has 2 aromatic rings. The summed E-state index contributed by atoms with van der Waals surface area (Å²) in [5, 5.41) is 11.8. The second-order valence-corrected chi connectivity index (χ2v) is 5.55. The first-order valence-corrected chi connectivity index (χ1v) is 7.90. The topological polar surface area (TPSA) is 191 Å². The number of hydrogen-bond donors (Lipinski definition) is 5. The largest absolute Gasteiger partial charge is 0.369 e. The SMILES string of the molecule is C/C(=N\Nc1ncc(/C(C)=N/N=C(N)N)c(C)n1)c1cnc(NN)nc1C. The molecule has 0 radical (unpaired) electrons. The van der Waals surface area contributed by atoms with E-state index in [4.69, 9.17) is 17.3 Å². The third-order valence-corrected chi connectivity index (χ3v) is 3.51. The molecule has 12 heteroatoms. The summed E-state index contributed by atoms with van der Waals surface area (Å²) in [4.78, 5) is 16.9. The van der Waals surface area contributed by atoms with Crippen molar-refractivity contribution in [3.8, 4) is 0 Å². The van der Waals surface area contributed by atoms with Crippen LogP contribution in [0.2, 0.25) is 0 Å². The smallest absolute Gasteiger partial charge is 0.243 e. The average Bonchev–Trinajstić information content (AvgIpc) is 2.64. The maximum Gasteiger partial charge on any atom is 0.243 e. The molecule has 0 aliphatic rings. The summed E-state index contributed by atoms with van der Waals surface area (Å²) in [6, 6.07) is 0. The van der Waals surface area contributed by atoms with E-state index >= 15 is 0 Å². The Hall–Kier alpha value is -3.67. The minimum Gasteiger partial charge on any atom is -0.369 e. The van der Waals surface area contributed by atoms with Crippen LogP contribution in [-0.2, 0) is 0 Å². The molecule has 0 aliphatic heterocycles. The van der Waals surface area contributed by atoms with Crippen LogP contribution in [0.3, 0.4) is 0 Å². The Morgan fingerprint density at radius 3 is 2.00 bits per heavy atom. The van der Waals surface area contributed by atoms with Crippen molar-refractivity contribution in [1.82, 2.24) is 19.9 Å². The number of hydrogen-bond acceptors (Lipinski definition) is 10. The number of hydrazone groups is 1. The number of rotatable bonds is 6.